The van der Waals surface area contributed by atoms with Gasteiger partial charge < -0.3 is 0 Å². The molecule has 0 aliphatic carbocycles. The summed E-state index contributed by atoms with van der Waals surface area (Å²) in [5.74, 6) is -0.432. The number of nitrogens with zero attached hydrogens (tertiary/aromatic N) is 3. The van der Waals surface area contributed by atoms with Crippen molar-refractivity contribution in [2.75, 3.05) is 0 Å². The molecule has 16 heavy (non-hydrogen) atoms. The van der Waals surface area contributed by atoms with Gasteiger partial charge in [0, 0.05) is 0 Å². The number of hydrogen-bond donors (Lipinski definition) is 0. The molecule has 0 aromatic carbocycles. The number of sulfonamides is 1. The lowest BCUT2D eigenvalue weighted by Gasteiger charge is -2.42. The number of hydrogen-bond acceptors (Lipinski definition) is 6. The minimum Gasteiger partial charge on any atom is -0.272 e. The molecule has 0 bridgehead atoms. The van der Waals surface area contributed by atoms with Gasteiger partial charge in [-0.1, -0.05) is 11.3 Å². The van der Waals surface area contributed by atoms with E-state index in [4.69, 9.17) is 11.6 Å². The SMILES string of the molecule is CC1(C)C(=O)N(Cc2nnc(Cl)s2)S1(=O)=O. The van der Waals surface area contributed by atoms with Crippen LogP contribution in [0, 0.1) is 0 Å². The topological polar surface area (TPSA) is 80.2 Å². The molecule has 1 amide bonds. The Hall–Kier alpha value is -0.730. The first kappa shape index (κ1) is 11.7. The fourth-order valence-electron chi connectivity index (χ4n) is 1.33. The van der Waals surface area contributed by atoms with Gasteiger partial charge in [0.15, 0.2) is 4.75 Å². The highest BCUT2D eigenvalue weighted by molar-refractivity contribution is 7.94. The highest BCUT2D eigenvalue weighted by atomic mass is 35.5. The summed E-state index contributed by atoms with van der Waals surface area (Å²) in [5, 5.41) is 7.60. The summed E-state index contributed by atoms with van der Waals surface area (Å²) in [7, 11) is -3.56. The molecule has 2 rings (SSSR count). The molecule has 9 heteroatoms. The van der Waals surface area contributed by atoms with Crippen molar-refractivity contribution in [2.24, 2.45) is 0 Å². The molecule has 0 saturated carbocycles. The monoisotopic (exact) mass is 281 g/mol. The zero-order valence-electron chi connectivity index (χ0n) is 8.47. The summed E-state index contributed by atoms with van der Waals surface area (Å²) in [6.07, 6.45) is 0. The largest absolute Gasteiger partial charge is 0.272 e. The summed E-state index contributed by atoms with van der Waals surface area (Å²) in [5.41, 5.74) is 0. The maximum Gasteiger partial charge on any atom is 0.259 e. The molecule has 6 nitrogen and oxygen atoms in total. The summed E-state index contributed by atoms with van der Waals surface area (Å²) in [6.45, 7) is 2.68. The second-order valence-corrected chi connectivity index (χ2v) is 7.83. The van der Waals surface area contributed by atoms with Crippen molar-refractivity contribution in [3.05, 3.63) is 9.47 Å². The first-order chi connectivity index (χ1) is 7.26. The van der Waals surface area contributed by atoms with Crippen LogP contribution < -0.4 is 0 Å². The van der Waals surface area contributed by atoms with Crippen LogP contribution in [0.2, 0.25) is 4.47 Å². The second kappa shape index (κ2) is 3.38. The lowest BCUT2D eigenvalue weighted by atomic mass is 10.2. The third kappa shape index (κ3) is 1.44. The second-order valence-electron chi connectivity index (χ2n) is 3.78. The van der Waals surface area contributed by atoms with E-state index in [1.54, 1.807) is 0 Å². The van der Waals surface area contributed by atoms with E-state index in [1.165, 1.54) is 13.8 Å². The molecule has 1 aliphatic heterocycles. The Morgan fingerprint density at radius 1 is 1.44 bits per heavy atom. The summed E-state index contributed by atoms with van der Waals surface area (Å²) in [6, 6.07) is 0. The Balaban J connectivity index is 2.23. The Bertz CT molecular complexity index is 551. The maximum atomic E-state index is 11.7. The van der Waals surface area contributed by atoms with Crippen LogP contribution >= 0.6 is 22.9 Å². The summed E-state index contributed by atoms with van der Waals surface area (Å²) in [4.78, 5) is 11.6. The van der Waals surface area contributed by atoms with Gasteiger partial charge in [0.2, 0.25) is 4.47 Å². The number of rotatable bonds is 2. The van der Waals surface area contributed by atoms with Crippen LogP contribution in [0.25, 0.3) is 0 Å². The minimum absolute atomic E-state index is 0.0883. The molecule has 0 atom stereocenters. The Morgan fingerprint density at radius 3 is 2.50 bits per heavy atom. The van der Waals surface area contributed by atoms with Gasteiger partial charge in [0.05, 0.1) is 6.54 Å². The molecule has 2 heterocycles. The van der Waals surface area contributed by atoms with Crippen LogP contribution in [0.5, 0.6) is 0 Å². The van der Waals surface area contributed by atoms with Gasteiger partial charge in [-0.25, -0.2) is 12.7 Å². The lowest BCUT2D eigenvalue weighted by molar-refractivity contribution is -0.132. The van der Waals surface area contributed by atoms with Crippen LogP contribution in [0.1, 0.15) is 18.9 Å². The first-order valence-corrected chi connectivity index (χ1v) is 6.95. The van der Waals surface area contributed by atoms with Crippen molar-refractivity contribution in [2.45, 2.75) is 25.1 Å². The molecule has 1 fully saturated rings. The van der Waals surface area contributed by atoms with Crippen LogP contribution in [0.3, 0.4) is 0 Å². The van der Waals surface area contributed by atoms with Crippen molar-refractivity contribution in [1.29, 1.82) is 0 Å². The molecule has 1 aromatic rings. The van der Waals surface area contributed by atoms with E-state index in [0.717, 1.165) is 15.6 Å². The van der Waals surface area contributed by atoms with E-state index >= 15 is 0 Å². The van der Waals surface area contributed by atoms with Crippen LogP contribution in [-0.4, -0.2) is 33.6 Å². The number of aromatic nitrogens is 2. The van der Waals surface area contributed by atoms with Gasteiger partial charge in [-0.05, 0) is 25.4 Å². The predicted molar refractivity (Wildman–Crippen MR) is 58.5 cm³/mol. The van der Waals surface area contributed by atoms with Crippen molar-refractivity contribution in [3.63, 3.8) is 0 Å². The highest BCUT2D eigenvalue weighted by Gasteiger charge is 2.60. The maximum absolute atomic E-state index is 11.7. The van der Waals surface area contributed by atoms with Crippen LogP contribution in [0.15, 0.2) is 0 Å². The Kier molecular flexibility index (Phi) is 2.48. The average molecular weight is 282 g/mol. The van der Waals surface area contributed by atoms with Crippen molar-refractivity contribution < 1.29 is 13.2 Å². The van der Waals surface area contributed by atoms with Crippen LogP contribution in [0.4, 0.5) is 0 Å². The molecule has 0 radical (unpaired) electrons. The number of carbonyl (C=O) groups is 1. The molecule has 0 unspecified atom stereocenters. The smallest absolute Gasteiger partial charge is 0.259 e. The van der Waals surface area contributed by atoms with Crippen molar-refractivity contribution in [1.82, 2.24) is 14.5 Å². The van der Waals surface area contributed by atoms with E-state index in [0.29, 0.717) is 5.01 Å². The molecule has 1 saturated heterocycles. The number of halogens is 1. The molecule has 0 N–H and O–H groups in total. The fourth-order valence-corrected chi connectivity index (χ4v) is 3.76. The molecular weight excluding hydrogens is 274 g/mol. The minimum atomic E-state index is -3.56. The summed E-state index contributed by atoms with van der Waals surface area (Å²) >= 11 is 6.61. The van der Waals surface area contributed by atoms with Gasteiger partial charge in [-0.15, -0.1) is 10.2 Å². The third-order valence-corrected chi connectivity index (χ3v) is 5.74. The first-order valence-electron chi connectivity index (χ1n) is 4.31. The fraction of sp³-hybridized carbons (Fsp3) is 0.571. The van der Waals surface area contributed by atoms with Crippen molar-refractivity contribution in [3.8, 4) is 0 Å². The molecular formula is C7H8ClN3O3S2. The van der Waals surface area contributed by atoms with Gasteiger partial charge in [0.1, 0.15) is 5.01 Å². The van der Waals surface area contributed by atoms with Gasteiger partial charge >= 0.3 is 0 Å². The third-order valence-electron chi connectivity index (χ3n) is 2.40. The zero-order chi connectivity index (χ0) is 12.1. The molecule has 1 aromatic heterocycles. The molecule has 88 valence electrons. The van der Waals surface area contributed by atoms with Gasteiger partial charge in [-0.2, -0.15) is 0 Å². The normalized spacial score (nSPS) is 21.9. The van der Waals surface area contributed by atoms with E-state index in [-0.39, 0.29) is 11.0 Å². The van der Waals surface area contributed by atoms with E-state index in [2.05, 4.69) is 10.2 Å². The predicted octanol–water partition coefficient (Wildman–Crippen LogP) is 0.642. The van der Waals surface area contributed by atoms with Crippen molar-refractivity contribution >= 4 is 38.9 Å². The van der Waals surface area contributed by atoms with E-state index in [1.807, 2.05) is 0 Å². The van der Waals surface area contributed by atoms with Crippen LogP contribution in [-0.2, 0) is 21.4 Å². The highest BCUT2D eigenvalue weighted by Crippen LogP contribution is 2.36. The average Bonchev–Trinajstić information content (AvgIpc) is 2.59. The summed E-state index contributed by atoms with van der Waals surface area (Å²) < 4.78 is 23.1. The van der Waals surface area contributed by atoms with Gasteiger partial charge in [-0.3, -0.25) is 4.79 Å². The lowest BCUT2D eigenvalue weighted by Crippen LogP contribution is -2.66. The zero-order valence-corrected chi connectivity index (χ0v) is 10.9. The number of amides is 1. The number of carbonyl (C=O) groups excluding carboxylic acids is 1. The van der Waals surface area contributed by atoms with E-state index in [9.17, 15) is 13.2 Å². The van der Waals surface area contributed by atoms with Gasteiger partial charge in [0.25, 0.3) is 15.9 Å². The Labute approximate surface area is 101 Å². The molecule has 1 aliphatic rings. The quantitative estimate of drug-likeness (QED) is 0.795. The van der Waals surface area contributed by atoms with E-state index < -0.39 is 20.7 Å². The standard InChI is InChI=1S/C7H8ClN3O3S2/c1-7(2)5(12)11(16(7,13)14)3-4-9-10-6(8)15-4/h3H2,1-2H3. The molecule has 0 spiro atoms. The Morgan fingerprint density at radius 2 is 2.06 bits per heavy atom.